The van der Waals surface area contributed by atoms with Crippen molar-refractivity contribution in [3.63, 3.8) is 0 Å². The molecule has 118 valence electrons. The highest BCUT2D eigenvalue weighted by molar-refractivity contribution is 7.99. The molecule has 1 amide bonds. The zero-order valence-corrected chi connectivity index (χ0v) is 13.5. The van der Waals surface area contributed by atoms with Gasteiger partial charge in [0.05, 0.1) is 13.1 Å². The normalized spacial score (nSPS) is 16.5. The lowest BCUT2D eigenvalue weighted by atomic mass is 10.3. The van der Waals surface area contributed by atoms with E-state index in [4.69, 9.17) is 4.42 Å². The third kappa shape index (κ3) is 3.33. The van der Waals surface area contributed by atoms with Crippen LogP contribution in [0.25, 0.3) is 0 Å². The molecule has 0 aliphatic carbocycles. The highest BCUT2D eigenvalue weighted by Crippen LogP contribution is 2.27. The van der Waals surface area contributed by atoms with Crippen LogP contribution in [0.1, 0.15) is 12.7 Å². The van der Waals surface area contributed by atoms with E-state index in [0.29, 0.717) is 13.1 Å². The zero-order valence-electron chi connectivity index (χ0n) is 12.7. The van der Waals surface area contributed by atoms with Crippen molar-refractivity contribution in [2.45, 2.75) is 23.7 Å². The van der Waals surface area contributed by atoms with Gasteiger partial charge >= 0.3 is 0 Å². The van der Waals surface area contributed by atoms with E-state index in [9.17, 15) is 4.79 Å². The van der Waals surface area contributed by atoms with Crippen LogP contribution in [0.4, 0.5) is 0 Å². The molecular weight excluding hydrogens is 302 g/mol. The van der Waals surface area contributed by atoms with Crippen LogP contribution >= 0.6 is 11.8 Å². The first-order valence-electron chi connectivity index (χ1n) is 7.26. The van der Waals surface area contributed by atoms with E-state index in [1.54, 1.807) is 6.33 Å². The van der Waals surface area contributed by atoms with Crippen molar-refractivity contribution in [2.75, 3.05) is 26.2 Å². The Bertz CT molecular complexity index is 653. The number of hydrogen-bond donors (Lipinski definition) is 0. The van der Waals surface area contributed by atoms with E-state index in [1.165, 1.54) is 11.8 Å². The molecule has 0 unspecified atom stereocenters. The van der Waals surface area contributed by atoms with Gasteiger partial charge in [-0.3, -0.25) is 9.69 Å². The van der Waals surface area contributed by atoms with Crippen molar-refractivity contribution >= 4 is 17.7 Å². The molecule has 7 nitrogen and oxygen atoms in total. The summed E-state index contributed by atoms with van der Waals surface area (Å²) < 4.78 is 7.66. The Morgan fingerprint density at radius 2 is 2.23 bits per heavy atom. The third-order valence-electron chi connectivity index (χ3n) is 3.66. The molecule has 8 heteroatoms. The minimum Gasteiger partial charge on any atom is -0.453 e. The number of rotatable bonds is 5. The molecule has 0 aromatic carbocycles. The van der Waals surface area contributed by atoms with Crippen molar-refractivity contribution in [2.24, 2.45) is 7.05 Å². The van der Waals surface area contributed by atoms with Crippen LogP contribution in [-0.2, 0) is 18.4 Å². The summed E-state index contributed by atoms with van der Waals surface area (Å²) in [6.45, 7) is 5.58. The summed E-state index contributed by atoms with van der Waals surface area (Å²) in [6, 6.07) is 3.88. The summed E-state index contributed by atoms with van der Waals surface area (Å²) in [5.74, 6) is 1.05. The number of carbonyl (C=O) groups excluding carboxylic acids is 1. The van der Waals surface area contributed by atoms with Crippen LogP contribution in [0.5, 0.6) is 0 Å². The highest BCUT2D eigenvalue weighted by atomic mass is 32.2. The van der Waals surface area contributed by atoms with E-state index < -0.39 is 0 Å². The Balaban J connectivity index is 1.58. The number of piperazine rings is 1. The molecule has 3 rings (SSSR count). The van der Waals surface area contributed by atoms with Crippen LogP contribution < -0.4 is 0 Å². The van der Waals surface area contributed by atoms with E-state index in [-0.39, 0.29) is 5.91 Å². The molecule has 2 aromatic rings. The topological polar surface area (TPSA) is 67.4 Å². The van der Waals surface area contributed by atoms with E-state index in [1.807, 2.05) is 35.6 Å². The van der Waals surface area contributed by atoms with Gasteiger partial charge in [0.15, 0.2) is 10.2 Å². The molecule has 3 heterocycles. The summed E-state index contributed by atoms with van der Waals surface area (Å²) in [4.78, 5) is 15.9. The SMILES string of the molecule is CCN1CCN(Cc2ccc(Sc3nncn3C)o2)CC1=O. The Morgan fingerprint density at radius 1 is 1.36 bits per heavy atom. The van der Waals surface area contributed by atoms with Crippen molar-refractivity contribution in [1.29, 1.82) is 0 Å². The first-order chi connectivity index (χ1) is 10.7. The molecule has 0 spiro atoms. The molecular formula is C14H19N5O2S. The number of furan rings is 1. The van der Waals surface area contributed by atoms with Crippen molar-refractivity contribution in [3.8, 4) is 0 Å². The first kappa shape index (κ1) is 15.1. The lowest BCUT2D eigenvalue weighted by Gasteiger charge is -2.33. The van der Waals surface area contributed by atoms with Crippen molar-refractivity contribution < 1.29 is 9.21 Å². The molecule has 1 aliphatic heterocycles. The van der Waals surface area contributed by atoms with Gasteiger partial charge in [-0.2, -0.15) is 0 Å². The second-order valence-electron chi connectivity index (χ2n) is 5.23. The lowest BCUT2D eigenvalue weighted by Crippen LogP contribution is -2.49. The summed E-state index contributed by atoms with van der Waals surface area (Å²) in [7, 11) is 1.89. The average Bonchev–Trinajstić information content (AvgIpc) is 3.10. The molecule has 1 saturated heterocycles. The van der Waals surface area contributed by atoms with E-state index in [0.717, 1.165) is 35.6 Å². The average molecular weight is 321 g/mol. The van der Waals surface area contributed by atoms with Gasteiger partial charge in [-0.1, -0.05) is 0 Å². The minimum atomic E-state index is 0.189. The zero-order chi connectivity index (χ0) is 15.5. The second-order valence-corrected chi connectivity index (χ2v) is 6.20. The summed E-state index contributed by atoms with van der Waals surface area (Å²) in [5.41, 5.74) is 0. The molecule has 1 aliphatic rings. The van der Waals surface area contributed by atoms with Crippen LogP contribution in [-0.4, -0.2) is 56.7 Å². The van der Waals surface area contributed by atoms with Crippen molar-refractivity contribution in [1.82, 2.24) is 24.6 Å². The number of aromatic nitrogens is 3. The predicted octanol–water partition coefficient (Wildman–Crippen LogP) is 1.22. The maximum atomic E-state index is 11.9. The Labute approximate surface area is 133 Å². The fourth-order valence-electron chi connectivity index (χ4n) is 2.40. The Morgan fingerprint density at radius 3 is 2.91 bits per heavy atom. The third-order valence-corrected chi connectivity index (χ3v) is 4.63. The van der Waals surface area contributed by atoms with Crippen LogP contribution in [0.3, 0.4) is 0 Å². The Kier molecular flexibility index (Phi) is 4.49. The number of likely N-dealkylation sites (N-methyl/N-ethyl adjacent to an activating group) is 1. The number of nitrogens with zero attached hydrogens (tertiary/aromatic N) is 5. The molecule has 0 N–H and O–H groups in total. The van der Waals surface area contributed by atoms with Crippen LogP contribution in [0, 0.1) is 0 Å². The van der Waals surface area contributed by atoms with Gasteiger partial charge < -0.3 is 13.9 Å². The molecule has 22 heavy (non-hydrogen) atoms. The number of hydrogen-bond acceptors (Lipinski definition) is 6. The fourth-order valence-corrected chi connectivity index (χ4v) is 3.14. The maximum absolute atomic E-state index is 11.9. The van der Waals surface area contributed by atoms with Gasteiger partial charge in [-0.25, -0.2) is 0 Å². The summed E-state index contributed by atoms with van der Waals surface area (Å²) >= 11 is 1.44. The van der Waals surface area contributed by atoms with E-state index in [2.05, 4.69) is 15.1 Å². The van der Waals surface area contributed by atoms with E-state index >= 15 is 0 Å². The molecule has 0 saturated carbocycles. The molecule has 1 fully saturated rings. The lowest BCUT2D eigenvalue weighted by molar-refractivity contribution is -0.136. The molecule has 0 atom stereocenters. The predicted molar refractivity (Wildman–Crippen MR) is 81.4 cm³/mol. The standard InChI is InChI=1S/C14H19N5O2S/c1-3-19-7-6-18(9-12(19)20)8-11-4-5-13(21-11)22-14-16-15-10-17(14)2/h4-5,10H,3,6-9H2,1-2H3. The van der Waals surface area contributed by atoms with Gasteiger partial charge in [-0.05, 0) is 30.8 Å². The van der Waals surface area contributed by atoms with Gasteiger partial charge in [0.25, 0.3) is 0 Å². The highest BCUT2D eigenvalue weighted by Gasteiger charge is 2.23. The number of aryl methyl sites for hydroxylation is 1. The van der Waals surface area contributed by atoms with Gasteiger partial charge in [0, 0.05) is 26.7 Å². The maximum Gasteiger partial charge on any atom is 0.236 e. The van der Waals surface area contributed by atoms with Crippen LogP contribution in [0.15, 0.2) is 33.1 Å². The second kappa shape index (κ2) is 6.53. The summed E-state index contributed by atoms with van der Waals surface area (Å²) in [5, 5.41) is 9.43. The molecule has 0 bridgehead atoms. The smallest absolute Gasteiger partial charge is 0.236 e. The summed E-state index contributed by atoms with van der Waals surface area (Å²) in [6.07, 6.45) is 1.66. The number of carbonyl (C=O) groups is 1. The minimum absolute atomic E-state index is 0.189. The molecule has 2 aromatic heterocycles. The number of amides is 1. The van der Waals surface area contributed by atoms with Gasteiger partial charge in [0.1, 0.15) is 12.1 Å². The fraction of sp³-hybridized carbons (Fsp3) is 0.500. The van der Waals surface area contributed by atoms with Crippen LogP contribution in [0.2, 0.25) is 0 Å². The monoisotopic (exact) mass is 321 g/mol. The van der Waals surface area contributed by atoms with Gasteiger partial charge in [0.2, 0.25) is 5.91 Å². The Hall–Kier alpha value is -1.80. The quantitative estimate of drug-likeness (QED) is 0.825. The van der Waals surface area contributed by atoms with Crippen molar-refractivity contribution in [3.05, 3.63) is 24.2 Å². The molecule has 0 radical (unpaired) electrons. The largest absolute Gasteiger partial charge is 0.453 e. The first-order valence-corrected chi connectivity index (χ1v) is 8.08. The van der Waals surface area contributed by atoms with Gasteiger partial charge in [-0.15, -0.1) is 10.2 Å².